The van der Waals surface area contributed by atoms with Crippen molar-refractivity contribution in [1.82, 2.24) is 0 Å². The molecule has 0 aliphatic carbocycles. The van der Waals surface area contributed by atoms with E-state index in [0.717, 1.165) is 34.6 Å². The predicted molar refractivity (Wildman–Crippen MR) is 139 cm³/mol. The van der Waals surface area contributed by atoms with Crippen LogP contribution in [0.25, 0.3) is 0 Å². The number of carbonyl (C=O) groups excluding carboxylic acids is 3. The van der Waals surface area contributed by atoms with Crippen molar-refractivity contribution in [3.63, 3.8) is 0 Å². The van der Waals surface area contributed by atoms with Gasteiger partial charge in [-0.25, -0.2) is 0 Å². The third-order valence-corrected chi connectivity index (χ3v) is 7.80. The summed E-state index contributed by atoms with van der Waals surface area (Å²) in [4.78, 5) is 39.8. The number of aldehydes is 3. The van der Waals surface area contributed by atoms with Crippen LogP contribution >= 0.6 is 0 Å². The monoisotopic (exact) mass is 579 g/mol. The molecule has 9 unspecified atom stereocenters. The molecule has 0 radical (unpaired) electrons. The lowest BCUT2D eigenvalue weighted by molar-refractivity contribution is -0.453. The molecule has 1 saturated heterocycles. The second-order valence-corrected chi connectivity index (χ2v) is 11.9. The number of hydrogen-bond donors (Lipinski definition) is 5. The van der Waals surface area contributed by atoms with E-state index in [1.165, 1.54) is 41.0 Å². The quantitative estimate of drug-likeness (QED) is 0.0900. The van der Waals surface area contributed by atoms with Crippen molar-refractivity contribution in [2.45, 2.75) is 113 Å². The molecule has 1 aliphatic rings. The molecular weight excluding hydrogens is 534 g/mol. The first-order chi connectivity index (χ1) is 17.8. The fraction of sp³-hybridized carbons (Fsp3) is 0.846. The largest absolute Gasteiger partial charge is 0.393 e. The molecule has 1 rings (SSSR count). The molecule has 1 heterocycles. The minimum absolute atomic E-state index is 0.220. The standard InChI is InChI=1S/C26H45NO13/c1-18(12-28,11-27-10)38-21(4,14-30)36-16-19(2,13-29)39-22(5,15-31)37-17-20(3)23(6,32)24(7,33)25(8,34)26(9,35)40-20/h11,13-15,28,32-35H,12,16-17H2,1-10H3. The van der Waals surface area contributed by atoms with Crippen LogP contribution in [0.4, 0.5) is 0 Å². The Hall–Kier alpha value is -1.72. The van der Waals surface area contributed by atoms with Crippen molar-refractivity contribution in [2.24, 2.45) is 4.99 Å². The van der Waals surface area contributed by atoms with Crippen LogP contribution in [0.3, 0.4) is 0 Å². The maximum absolute atomic E-state index is 12.1. The fourth-order valence-corrected chi connectivity index (χ4v) is 4.38. The summed E-state index contributed by atoms with van der Waals surface area (Å²) in [7, 11) is 1.44. The van der Waals surface area contributed by atoms with Crippen molar-refractivity contribution >= 4 is 25.1 Å². The van der Waals surface area contributed by atoms with Crippen LogP contribution in [-0.2, 0) is 38.1 Å². The lowest BCUT2D eigenvalue weighted by Gasteiger charge is -2.64. The topological polar surface area (TPSA) is 211 Å². The highest BCUT2D eigenvalue weighted by molar-refractivity contribution is 5.69. The second kappa shape index (κ2) is 11.5. The Labute approximate surface area is 234 Å². The van der Waals surface area contributed by atoms with E-state index >= 15 is 0 Å². The van der Waals surface area contributed by atoms with Gasteiger partial charge in [0.25, 0.3) is 0 Å². The molecule has 14 nitrogen and oxygen atoms in total. The number of ether oxygens (including phenoxy) is 5. The van der Waals surface area contributed by atoms with Gasteiger partial charge in [0.2, 0.25) is 11.6 Å². The number of aliphatic hydroxyl groups excluding tert-OH is 1. The van der Waals surface area contributed by atoms with Crippen molar-refractivity contribution in [3.05, 3.63) is 0 Å². The highest BCUT2D eigenvalue weighted by Crippen LogP contribution is 2.52. The molecule has 40 heavy (non-hydrogen) atoms. The van der Waals surface area contributed by atoms with Gasteiger partial charge in [0.05, 0.1) is 19.8 Å². The molecule has 0 aromatic rings. The van der Waals surface area contributed by atoms with Crippen molar-refractivity contribution in [2.75, 3.05) is 26.9 Å². The second-order valence-electron chi connectivity index (χ2n) is 11.9. The first-order valence-electron chi connectivity index (χ1n) is 12.5. The molecule has 1 aliphatic heterocycles. The van der Waals surface area contributed by atoms with E-state index in [0.29, 0.717) is 12.6 Å². The molecule has 0 spiro atoms. The van der Waals surface area contributed by atoms with Gasteiger partial charge >= 0.3 is 0 Å². The Morgan fingerprint density at radius 1 is 0.750 bits per heavy atom. The maximum Gasteiger partial charge on any atom is 0.223 e. The third kappa shape index (κ3) is 6.67. The van der Waals surface area contributed by atoms with E-state index in [1.54, 1.807) is 0 Å². The Morgan fingerprint density at radius 3 is 1.65 bits per heavy atom. The number of rotatable bonds is 15. The zero-order valence-electron chi connectivity index (χ0n) is 24.9. The van der Waals surface area contributed by atoms with E-state index in [9.17, 15) is 39.9 Å². The summed E-state index contributed by atoms with van der Waals surface area (Å²) in [6, 6.07) is 0. The summed E-state index contributed by atoms with van der Waals surface area (Å²) in [5.41, 5.74) is -12.2. The highest BCUT2D eigenvalue weighted by atomic mass is 16.7. The van der Waals surface area contributed by atoms with Gasteiger partial charge in [-0.3, -0.25) is 14.6 Å². The SMILES string of the molecule is CN=CC(C)(CO)OC(C)(C=O)OCC(C)(C=O)OC(C)(C=O)OCC1(C)OC(C)(O)C(C)(O)C(C)(O)C1(C)O. The van der Waals surface area contributed by atoms with Crippen LogP contribution < -0.4 is 0 Å². The molecule has 0 saturated carbocycles. The summed E-state index contributed by atoms with van der Waals surface area (Å²) in [6.07, 6.45) is 2.10. The fourth-order valence-electron chi connectivity index (χ4n) is 4.38. The Bertz CT molecular complexity index is 966. The number of aliphatic imine (C=N–C) groups is 1. The minimum Gasteiger partial charge on any atom is -0.393 e. The molecule has 0 aromatic heterocycles. The number of aliphatic hydroxyl groups is 5. The highest BCUT2D eigenvalue weighted by Gasteiger charge is 2.74. The molecule has 0 amide bonds. The van der Waals surface area contributed by atoms with E-state index in [-0.39, 0.29) is 6.29 Å². The zero-order valence-corrected chi connectivity index (χ0v) is 24.9. The molecule has 0 aromatic carbocycles. The number of nitrogens with zero attached hydrogens (tertiary/aromatic N) is 1. The summed E-state index contributed by atoms with van der Waals surface area (Å²) in [6.45, 7) is 8.97. The average molecular weight is 580 g/mol. The summed E-state index contributed by atoms with van der Waals surface area (Å²) in [5.74, 6) is -6.54. The van der Waals surface area contributed by atoms with Gasteiger partial charge in [0, 0.05) is 13.3 Å². The lowest BCUT2D eigenvalue weighted by atomic mass is 9.61. The first-order valence-corrected chi connectivity index (χ1v) is 12.5. The van der Waals surface area contributed by atoms with Crippen LogP contribution in [0, 0.1) is 0 Å². The van der Waals surface area contributed by atoms with E-state index in [4.69, 9.17) is 23.7 Å². The van der Waals surface area contributed by atoms with E-state index in [2.05, 4.69) is 4.99 Å². The third-order valence-electron chi connectivity index (χ3n) is 7.80. The van der Waals surface area contributed by atoms with Gasteiger partial charge in [-0.1, -0.05) is 0 Å². The Balaban J connectivity index is 3.20. The van der Waals surface area contributed by atoms with Gasteiger partial charge in [-0.15, -0.1) is 0 Å². The molecule has 0 bridgehead atoms. The normalized spacial score (nSPS) is 39.0. The summed E-state index contributed by atoms with van der Waals surface area (Å²) >= 11 is 0. The smallest absolute Gasteiger partial charge is 0.223 e. The number of carbonyl (C=O) groups is 3. The van der Waals surface area contributed by atoms with Crippen LogP contribution in [0.1, 0.15) is 62.3 Å². The van der Waals surface area contributed by atoms with Gasteiger partial charge in [0.15, 0.2) is 24.6 Å². The summed E-state index contributed by atoms with van der Waals surface area (Å²) in [5, 5.41) is 53.6. The van der Waals surface area contributed by atoms with Gasteiger partial charge in [-0.2, -0.15) is 0 Å². The maximum atomic E-state index is 12.1. The molecule has 5 N–H and O–H groups in total. The van der Waals surface area contributed by atoms with Crippen LogP contribution in [0.15, 0.2) is 4.99 Å². The van der Waals surface area contributed by atoms with Crippen molar-refractivity contribution in [3.8, 4) is 0 Å². The van der Waals surface area contributed by atoms with Crippen molar-refractivity contribution < 1.29 is 63.6 Å². The van der Waals surface area contributed by atoms with Gasteiger partial charge < -0.3 is 54.0 Å². The van der Waals surface area contributed by atoms with Crippen LogP contribution in [0.5, 0.6) is 0 Å². The molecule has 9 atom stereocenters. The van der Waals surface area contributed by atoms with Crippen molar-refractivity contribution in [1.29, 1.82) is 0 Å². The lowest BCUT2D eigenvalue weighted by Crippen LogP contribution is -2.84. The summed E-state index contributed by atoms with van der Waals surface area (Å²) < 4.78 is 28.1. The Morgan fingerprint density at radius 2 is 1.23 bits per heavy atom. The molecule has 1 fully saturated rings. The van der Waals surface area contributed by atoms with E-state index < -0.39 is 70.8 Å². The number of hydrogen-bond acceptors (Lipinski definition) is 14. The Kier molecular flexibility index (Phi) is 10.5. The van der Waals surface area contributed by atoms with Gasteiger partial charge in [0.1, 0.15) is 33.6 Å². The minimum atomic E-state index is -2.38. The first kappa shape index (κ1) is 36.3. The van der Waals surface area contributed by atoms with Gasteiger partial charge in [-0.05, 0) is 62.3 Å². The molecule has 14 heteroatoms. The van der Waals surface area contributed by atoms with Crippen LogP contribution in [-0.4, -0.2) is 128 Å². The molecule has 232 valence electrons. The van der Waals surface area contributed by atoms with Crippen LogP contribution in [0.2, 0.25) is 0 Å². The zero-order chi connectivity index (χ0) is 31.7. The van der Waals surface area contributed by atoms with E-state index in [1.807, 2.05) is 0 Å². The average Bonchev–Trinajstić information content (AvgIpc) is 2.85. The predicted octanol–water partition coefficient (Wildman–Crippen LogP) is -0.957. The molecular formula is C26H45NO13.